The highest BCUT2D eigenvalue weighted by molar-refractivity contribution is 5.97. The molecule has 148 valence electrons. The SMILES string of the molecule is CC1CCCCCC(C(=O)n2c3ccccc3n3c(=O)c4ccccc4nc23)C1. The van der Waals surface area contributed by atoms with Crippen molar-refractivity contribution in [2.75, 3.05) is 0 Å². The molecule has 0 amide bonds. The van der Waals surface area contributed by atoms with Crippen LogP contribution in [0.2, 0.25) is 0 Å². The van der Waals surface area contributed by atoms with Gasteiger partial charge in [-0.25, -0.2) is 14.0 Å². The van der Waals surface area contributed by atoms with Crippen molar-refractivity contribution < 1.29 is 4.79 Å². The molecule has 2 atom stereocenters. The fourth-order valence-electron chi connectivity index (χ4n) is 4.84. The number of hydrogen-bond donors (Lipinski definition) is 0. The molecule has 5 nitrogen and oxygen atoms in total. The quantitative estimate of drug-likeness (QED) is 0.459. The number of nitrogens with zero attached hydrogens (tertiary/aromatic N) is 3. The van der Waals surface area contributed by atoms with E-state index < -0.39 is 0 Å². The van der Waals surface area contributed by atoms with Crippen molar-refractivity contribution in [2.24, 2.45) is 11.8 Å². The van der Waals surface area contributed by atoms with Gasteiger partial charge in [-0.3, -0.25) is 9.59 Å². The minimum Gasteiger partial charge on any atom is -0.274 e. The molecule has 29 heavy (non-hydrogen) atoms. The number of aromatic nitrogens is 3. The first-order valence-electron chi connectivity index (χ1n) is 10.6. The summed E-state index contributed by atoms with van der Waals surface area (Å²) in [5.74, 6) is 0.997. The van der Waals surface area contributed by atoms with Gasteiger partial charge in [0.25, 0.3) is 5.56 Å². The van der Waals surface area contributed by atoms with E-state index in [0.717, 1.165) is 30.3 Å². The second kappa shape index (κ2) is 7.14. The molecule has 0 spiro atoms. The van der Waals surface area contributed by atoms with Gasteiger partial charge in [-0.2, -0.15) is 0 Å². The third-order valence-electron chi connectivity index (χ3n) is 6.33. The fourth-order valence-corrected chi connectivity index (χ4v) is 4.84. The zero-order valence-corrected chi connectivity index (χ0v) is 16.7. The molecule has 0 radical (unpaired) electrons. The molecule has 5 rings (SSSR count). The van der Waals surface area contributed by atoms with Crippen LogP contribution in [0.25, 0.3) is 27.7 Å². The van der Waals surface area contributed by atoms with Gasteiger partial charge in [0.1, 0.15) is 0 Å². The Morgan fingerprint density at radius 2 is 1.69 bits per heavy atom. The van der Waals surface area contributed by atoms with Crippen LogP contribution in [0, 0.1) is 11.8 Å². The topological polar surface area (TPSA) is 56.4 Å². The molecule has 0 N–H and O–H groups in total. The van der Waals surface area contributed by atoms with Gasteiger partial charge >= 0.3 is 0 Å². The van der Waals surface area contributed by atoms with Gasteiger partial charge in [0.2, 0.25) is 11.7 Å². The van der Waals surface area contributed by atoms with Gasteiger partial charge in [-0.05, 0) is 43.0 Å². The predicted molar refractivity (Wildman–Crippen MR) is 115 cm³/mol. The number of imidazole rings is 1. The minimum absolute atomic E-state index is 0.0340. The van der Waals surface area contributed by atoms with Crippen molar-refractivity contribution in [3.63, 3.8) is 0 Å². The first-order valence-corrected chi connectivity index (χ1v) is 10.6. The van der Waals surface area contributed by atoms with E-state index in [0.29, 0.717) is 22.6 Å². The summed E-state index contributed by atoms with van der Waals surface area (Å²) in [5, 5.41) is 0.569. The van der Waals surface area contributed by atoms with Crippen LogP contribution in [0.1, 0.15) is 50.2 Å². The van der Waals surface area contributed by atoms with Crippen LogP contribution in [0.5, 0.6) is 0 Å². The summed E-state index contributed by atoms with van der Waals surface area (Å²) >= 11 is 0. The lowest BCUT2D eigenvalue weighted by Crippen LogP contribution is -2.26. The molecule has 2 aromatic carbocycles. The van der Waals surface area contributed by atoms with Crippen molar-refractivity contribution in [1.82, 2.24) is 14.0 Å². The standard InChI is InChI=1S/C24H25N3O2/c1-16-9-3-2-4-10-17(15-16)22(28)26-20-13-7-8-14-21(20)27-23(29)18-11-5-6-12-19(18)25-24(26)27/h5-8,11-14,16-17H,2-4,9-10,15H2,1H3. The van der Waals surface area contributed by atoms with E-state index in [1.807, 2.05) is 42.5 Å². The van der Waals surface area contributed by atoms with Crippen LogP contribution in [-0.4, -0.2) is 19.9 Å². The van der Waals surface area contributed by atoms with Crippen molar-refractivity contribution in [3.05, 3.63) is 58.9 Å². The number of benzene rings is 2. The summed E-state index contributed by atoms with van der Waals surface area (Å²) in [4.78, 5) is 31.8. The highest BCUT2D eigenvalue weighted by Gasteiger charge is 2.28. The summed E-state index contributed by atoms with van der Waals surface area (Å²) in [6.07, 6.45) is 6.49. The Morgan fingerprint density at radius 1 is 0.966 bits per heavy atom. The Balaban J connectivity index is 1.78. The number of carbonyl (C=O) groups is 1. The molecule has 1 fully saturated rings. The maximum absolute atomic E-state index is 13.8. The van der Waals surface area contributed by atoms with E-state index >= 15 is 0 Å². The lowest BCUT2D eigenvalue weighted by atomic mass is 9.84. The zero-order valence-electron chi connectivity index (χ0n) is 16.7. The largest absolute Gasteiger partial charge is 0.274 e. The Bertz CT molecular complexity index is 1280. The Morgan fingerprint density at radius 3 is 2.55 bits per heavy atom. The molecule has 5 heteroatoms. The molecule has 4 aromatic rings. The molecule has 1 saturated carbocycles. The summed E-state index contributed by atoms with van der Waals surface area (Å²) in [7, 11) is 0. The van der Waals surface area contributed by atoms with E-state index in [2.05, 4.69) is 6.92 Å². The highest BCUT2D eigenvalue weighted by Crippen LogP contribution is 2.30. The molecule has 0 aliphatic heterocycles. The molecular formula is C24H25N3O2. The third kappa shape index (κ3) is 2.96. The first kappa shape index (κ1) is 18.1. The van der Waals surface area contributed by atoms with Crippen molar-refractivity contribution in [1.29, 1.82) is 0 Å². The Labute approximate surface area is 169 Å². The van der Waals surface area contributed by atoms with Crippen LogP contribution in [0.3, 0.4) is 0 Å². The molecule has 2 aromatic heterocycles. The number of hydrogen-bond acceptors (Lipinski definition) is 3. The van der Waals surface area contributed by atoms with Crippen molar-refractivity contribution in [3.8, 4) is 0 Å². The average molecular weight is 387 g/mol. The summed E-state index contributed by atoms with van der Waals surface area (Å²) < 4.78 is 3.30. The second-order valence-electron chi connectivity index (χ2n) is 8.41. The van der Waals surface area contributed by atoms with E-state index in [1.54, 1.807) is 15.0 Å². The molecular weight excluding hydrogens is 362 g/mol. The Hall–Kier alpha value is -2.95. The van der Waals surface area contributed by atoms with E-state index in [1.165, 1.54) is 19.3 Å². The van der Waals surface area contributed by atoms with E-state index in [9.17, 15) is 9.59 Å². The molecule has 0 bridgehead atoms. The highest BCUT2D eigenvalue weighted by atomic mass is 16.2. The van der Waals surface area contributed by atoms with Gasteiger partial charge in [-0.15, -0.1) is 0 Å². The second-order valence-corrected chi connectivity index (χ2v) is 8.41. The van der Waals surface area contributed by atoms with Gasteiger partial charge < -0.3 is 0 Å². The lowest BCUT2D eigenvalue weighted by Gasteiger charge is -2.23. The minimum atomic E-state index is -0.126. The fraction of sp³-hybridized carbons (Fsp3) is 0.375. The van der Waals surface area contributed by atoms with E-state index in [-0.39, 0.29) is 17.4 Å². The van der Waals surface area contributed by atoms with Crippen LogP contribution in [0.4, 0.5) is 0 Å². The zero-order chi connectivity index (χ0) is 20.0. The van der Waals surface area contributed by atoms with Gasteiger partial charge in [0.15, 0.2) is 0 Å². The van der Waals surface area contributed by atoms with Crippen molar-refractivity contribution in [2.45, 2.75) is 45.4 Å². The number of fused-ring (bicyclic) bond motifs is 4. The van der Waals surface area contributed by atoms with Gasteiger partial charge in [0.05, 0.1) is 21.9 Å². The first-order chi connectivity index (χ1) is 14.1. The van der Waals surface area contributed by atoms with E-state index in [4.69, 9.17) is 4.98 Å². The molecule has 2 unspecified atom stereocenters. The number of carbonyl (C=O) groups excluding carboxylic acids is 1. The predicted octanol–water partition coefficient (Wildman–Crippen LogP) is 5.05. The smallest absolute Gasteiger partial charge is 0.267 e. The van der Waals surface area contributed by atoms with Crippen LogP contribution >= 0.6 is 0 Å². The molecule has 1 aliphatic carbocycles. The maximum Gasteiger partial charge on any atom is 0.267 e. The summed E-state index contributed by atoms with van der Waals surface area (Å²) in [6.45, 7) is 2.24. The molecule has 1 aliphatic rings. The van der Waals surface area contributed by atoms with Crippen LogP contribution in [-0.2, 0) is 0 Å². The number of para-hydroxylation sites is 3. The monoisotopic (exact) mass is 387 g/mol. The van der Waals surface area contributed by atoms with Crippen LogP contribution in [0.15, 0.2) is 53.3 Å². The molecule has 0 saturated heterocycles. The normalized spacial score (nSPS) is 20.7. The average Bonchev–Trinajstić information content (AvgIpc) is 3.04. The maximum atomic E-state index is 13.8. The summed E-state index contributed by atoms with van der Waals surface area (Å²) in [6, 6.07) is 15.0. The molecule has 2 heterocycles. The van der Waals surface area contributed by atoms with Crippen LogP contribution < -0.4 is 5.56 Å². The Kier molecular flexibility index (Phi) is 4.46. The lowest BCUT2D eigenvalue weighted by molar-refractivity contribution is 0.0806. The van der Waals surface area contributed by atoms with Gasteiger partial charge in [-0.1, -0.05) is 56.9 Å². The summed E-state index contributed by atoms with van der Waals surface area (Å²) in [5.41, 5.74) is 1.99. The van der Waals surface area contributed by atoms with Crippen molar-refractivity contribution >= 4 is 33.6 Å². The number of rotatable bonds is 1. The third-order valence-corrected chi connectivity index (χ3v) is 6.33. The van der Waals surface area contributed by atoms with Gasteiger partial charge in [0, 0.05) is 5.92 Å².